The Morgan fingerprint density at radius 1 is 1.30 bits per heavy atom. The summed E-state index contributed by atoms with van der Waals surface area (Å²) >= 11 is 7.52. The minimum Gasteiger partial charge on any atom is -0.496 e. The maximum atomic E-state index is 8.98. The van der Waals surface area contributed by atoms with Crippen LogP contribution in [0.2, 0.25) is 4.34 Å². The summed E-state index contributed by atoms with van der Waals surface area (Å²) in [5, 5.41) is 8.98. The molecule has 1 aromatic heterocycles. The fourth-order valence-electron chi connectivity index (χ4n) is 2.02. The second kappa shape index (κ2) is 6.76. The van der Waals surface area contributed by atoms with Crippen molar-refractivity contribution >= 4 is 22.9 Å². The molecule has 0 atom stereocenters. The second-order valence-electron chi connectivity index (χ2n) is 4.52. The van der Waals surface area contributed by atoms with Crippen molar-refractivity contribution in [1.82, 2.24) is 4.90 Å². The second-order valence-corrected chi connectivity index (χ2v) is 6.32. The molecule has 0 N–H and O–H groups in total. The lowest BCUT2D eigenvalue weighted by atomic mass is 10.1. The van der Waals surface area contributed by atoms with Crippen LogP contribution in [0, 0.1) is 11.3 Å². The molecule has 1 aromatic carbocycles. The molecule has 0 fully saturated rings. The van der Waals surface area contributed by atoms with Gasteiger partial charge in [-0.3, -0.25) is 4.90 Å². The molecule has 3 nitrogen and oxygen atoms in total. The van der Waals surface area contributed by atoms with Gasteiger partial charge in [-0.25, -0.2) is 0 Å². The van der Waals surface area contributed by atoms with Crippen LogP contribution >= 0.6 is 22.9 Å². The molecule has 0 spiro atoms. The molecule has 0 aliphatic rings. The molecule has 104 valence electrons. The van der Waals surface area contributed by atoms with Crippen LogP contribution < -0.4 is 4.74 Å². The zero-order valence-corrected chi connectivity index (χ0v) is 13.0. The van der Waals surface area contributed by atoms with E-state index in [9.17, 15) is 0 Å². The van der Waals surface area contributed by atoms with E-state index < -0.39 is 0 Å². The molecule has 20 heavy (non-hydrogen) atoms. The van der Waals surface area contributed by atoms with Crippen LogP contribution in [0.3, 0.4) is 0 Å². The average Bonchev–Trinajstić information content (AvgIpc) is 2.83. The standard InChI is InChI=1S/C15H15ClN2OS/c1-18(10-13-4-6-15(16)20-13)9-12-7-11(8-17)3-5-14(12)19-2/h3-7H,9-10H2,1-2H3. The van der Waals surface area contributed by atoms with Gasteiger partial charge in [0.25, 0.3) is 0 Å². The van der Waals surface area contributed by atoms with Gasteiger partial charge in [0.2, 0.25) is 0 Å². The number of rotatable bonds is 5. The van der Waals surface area contributed by atoms with Crippen molar-refractivity contribution in [2.75, 3.05) is 14.2 Å². The molecule has 1 heterocycles. The first-order chi connectivity index (χ1) is 9.62. The summed E-state index contributed by atoms with van der Waals surface area (Å²) in [5.74, 6) is 0.806. The maximum absolute atomic E-state index is 8.98. The van der Waals surface area contributed by atoms with Crippen molar-refractivity contribution < 1.29 is 4.74 Å². The van der Waals surface area contributed by atoms with Crippen LogP contribution in [0.1, 0.15) is 16.0 Å². The fourth-order valence-corrected chi connectivity index (χ4v) is 3.19. The number of nitriles is 1. The van der Waals surface area contributed by atoms with E-state index >= 15 is 0 Å². The summed E-state index contributed by atoms with van der Waals surface area (Å²) in [5.41, 5.74) is 1.66. The Kier molecular flexibility index (Phi) is 5.02. The van der Waals surface area contributed by atoms with Crippen molar-refractivity contribution in [3.63, 3.8) is 0 Å². The molecular formula is C15H15ClN2OS. The molecule has 0 saturated carbocycles. The molecule has 0 aliphatic heterocycles. The Bertz CT molecular complexity index is 633. The van der Waals surface area contributed by atoms with Crippen LogP contribution in [-0.2, 0) is 13.1 Å². The normalized spacial score (nSPS) is 10.6. The molecule has 0 amide bonds. The minimum atomic E-state index is 0.647. The van der Waals surface area contributed by atoms with E-state index in [4.69, 9.17) is 21.6 Å². The SMILES string of the molecule is COc1ccc(C#N)cc1CN(C)Cc1ccc(Cl)s1. The highest BCUT2D eigenvalue weighted by Gasteiger charge is 2.09. The van der Waals surface area contributed by atoms with Gasteiger partial charge in [0.15, 0.2) is 0 Å². The van der Waals surface area contributed by atoms with Gasteiger partial charge in [-0.05, 0) is 37.4 Å². The van der Waals surface area contributed by atoms with Crippen molar-refractivity contribution in [3.05, 3.63) is 50.7 Å². The van der Waals surface area contributed by atoms with Gasteiger partial charge in [0.05, 0.1) is 23.1 Å². The maximum Gasteiger partial charge on any atom is 0.123 e. The van der Waals surface area contributed by atoms with Gasteiger partial charge in [-0.2, -0.15) is 5.26 Å². The van der Waals surface area contributed by atoms with Gasteiger partial charge >= 0.3 is 0 Å². The van der Waals surface area contributed by atoms with Gasteiger partial charge in [0, 0.05) is 23.5 Å². The van der Waals surface area contributed by atoms with Gasteiger partial charge < -0.3 is 4.74 Å². The average molecular weight is 307 g/mol. The number of ether oxygens (including phenoxy) is 1. The third kappa shape index (κ3) is 3.73. The molecule has 2 rings (SSSR count). The number of methoxy groups -OCH3 is 1. The number of hydrogen-bond donors (Lipinski definition) is 0. The summed E-state index contributed by atoms with van der Waals surface area (Å²) in [6.45, 7) is 1.53. The Hall–Kier alpha value is -1.54. The van der Waals surface area contributed by atoms with Crippen molar-refractivity contribution in [3.8, 4) is 11.8 Å². The highest BCUT2D eigenvalue weighted by molar-refractivity contribution is 7.16. The zero-order chi connectivity index (χ0) is 14.5. The summed E-state index contributed by atoms with van der Waals surface area (Å²) < 4.78 is 6.15. The van der Waals surface area contributed by atoms with Crippen molar-refractivity contribution in [1.29, 1.82) is 5.26 Å². The Morgan fingerprint density at radius 2 is 2.10 bits per heavy atom. The molecule has 0 unspecified atom stereocenters. The first-order valence-electron chi connectivity index (χ1n) is 6.12. The zero-order valence-electron chi connectivity index (χ0n) is 11.4. The molecule has 5 heteroatoms. The monoisotopic (exact) mass is 306 g/mol. The minimum absolute atomic E-state index is 0.647. The first-order valence-corrected chi connectivity index (χ1v) is 7.31. The topological polar surface area (TPSA) is 36.3 Å². The third-order valence-electron chi connectivity index (χ3n) is 2.90. The van der Waals surface area contributed by atoms with Crippen LogP contribution in [0.4, 0.5) is 0 Å². The van der Waals surface area contributed by atoms with Crippen LogP contribution in [0.25, 0.3) is 0 Å². The van der Waals surface area contributed by atoms with E-state index in [0.29, 0.717) is 12.1 Å². The van der Waals surface area contributed by atoms with Gasteiger partial charge in [-0.15, -0.1) is 11.3 Å². The predicted molar refractivity (Wildman–Crippen MR) is 82.2 cm³/mol. The number of thiophene rings is 1. The lowest BCUT2D eigenvalue weighted by Crippen LogP contribution is -2.17. The summed E-state index contributed by atoms with van der Waals surface area (Å²) in [6.07, 6.45) is 0. The summed E-state index contributed by atoms with van der Waals surface area (Å²) in [4.78, 5) is 3.38. The third-order valence-corrected chi connectivity index (χ3v) is 4.12. The molecule has 0 radical (unpaired) electrons. The molecular weight excluding hydrogens is 292 g/mol. The Balaban J connectivity index is 2.10. The van der Waals surface area contributed by atoms with Crippen LogP contribution in [0.5, 0.6) is 5.75 Å². The fraction of sp³-hybridized carbons (Fsp3) is 0.267. The van der Waals surface area contributed by atoms with Crippen LogP contribution in [0.15, 0.2) is 30.3 Å². The number of nitrogens with zero attached hydrogens (tertiary/aromatic N) is 2. The quantitative estimate of drug-likeness (QED) is 0.840. The molecule has 0 bridgehead atoms. The van der Waals surface area contributed by atoms with Gasteiger partial charge in [-0.1, -0.05) is 11.6 Å². The van der Waals surface area contributed by atoms with E-state index in [2.05, 4.69) is 11.0 Å². The largest absolute Gasteiger partial charge is 0.496 e. The van der Waals surface area contributed by atoms with E-state index in [1.165, 1.54) is 4.88 Å². The number of benzene rings is 1. The highest BCUT2D eigenvalue weighted by Crippen LogP contribution is 2.25. The lowest BCUT2D eigenvalue weighted by Gasteiger charge is -2.17. The van der Waals surface area contributed by atoms with E-state index in [1.54, 1.807) is 24.5 Å². The molecule has 0 aliphatic carbocycles. The Labute approximate surface area is 128 Å². The number of hydrogen-bond acceptors (Lipinski definition) is 4. The van der Waals surface area contributed by atoms with Crippen molar-refractivity contribution in [2.24, 2.45) is 0 Å². The summed E-state index contributed by atoms with van der Waals surface area (Å²) in [6, 6.07) is 11.6. The Morgan fingerprint density at radius 3 is 2.70 bits per heavy atom. The van der Waals surface area contributed by atoms with Gasteiger partial charge in [0.1, 0.15) is 5.75 Å². The van der Waals surface area contributed by atoms with E-state index in [0.717, 1.165) is 22.2 Å². The van der Waals surface area contributed by atoms with E-state index in [-0.39, 0.29) is 0 Å². The first kappa shape index (κ1) is 14.9. The summed E-state index contributed by atoms with van der Waals surface area (Å²) in [7, 11) is 3.68. The van der Waals surface area contributed by atoms with Crippen molar-refractivity contribution in [2.45, 2.75) is 13.1 Å². The smallest absolute Gasteiger partial charge is 0.123 e. The number of halogens is 1. The lowest BCUT2D eigenvalue weighted by molar-refractivity contribution is 0.312. The predicted octanol–water partition coefficient (Wildman–Crippen LogP) is 3.91. The van der Waals surface area contributed by atoms with Crippen LogP contribution in [-0.4, -0.2) is 19.1 Å². The highest BCUT2D eigenvalue weighted by atomic mass is 35.5. The molecule has 0 saturated heterocycles. The molecule has 2 aromatic rings. The van der Waals surface area contributed by atoms with E-state index in [1.807, 2.05) is 31.3 Å².